The van der Waals surface area contributed by atoms with Crippen LogP contribution in [0.3, 0.4) is 0 Å². The smallest absolute Gasteiger partial charge is 0.289 e. The topological polar surface area (TPSA) is 71.4 Å². The van der Waals surface area contributed by atoms with E-state index in [1.165, 1.54) is 20.1 Å². The second-order valence-corrected chi connectivity index (χ2v) is 3.86. The van der Waals surface area contributed by atoms with Gasteiger partial charge in [0.2, 0.25) is 0 Å². The highest BCUT2D eigenvalue weighted by atomic mass is 27.1. The summed E-state index contributed by atoms with van der Waals surface area (Å²) in [5.41, 5.74) is 0. The molecule has 0 fully saturated rings. The van der Waals surface area contributed by atoms with E-state index in [0.717, 1.165) is 0 Å². The highest BCUT2D eigenvalue weighted by Gasteiger charge is 2.01. The van der Waals surface area contributed by atoms with Gasteiger partial charge in [0.1, 0.15) is 5.78 Å². The molecule has 4 nitrogen and oxygen atoms in total. The van der Waals surface area contributed by atoms with Crippen LogP contribution in [0.1, 0.15) is 13.8 Å². The fraction of sp³-hybridized carbons (Fsp3) is 0.571. The van der Waals surface area contributed by atoms with E-state index in [1.54, 1.807) is 0 Å². The quantitative estimate of drug-likeness (QED) is 0.631. The zero-order chi connectivity index (χ0) is 9.98. The molecule has 0 bridgehead atoms. The summed E-state index contributed by atoms with van der Waals surface area (Å²) >= 11 is -0.633. The number of rotatable bonds is 4. The van der Waals surface area contributed by atoms with Crippen LogP contribution in [0.4, 0.5) is 0 Å². The predicted molar refractivity (Wildman–Crippen MR) is 46.4 cm³/mol. The lowest BCUT2D eigenvalue weighted by molar-refractivity contribution is -0.134. The Bertz CT molecular complexity index is 141. The minimum Gasteiger partial charge on any atom is -0.482 e. The Morgan fingerprint density at radius 1 is 1.42 bits per heavy atom. The number of carbonyl (C=O) groups excluding carboxylic acids is 2. The molecule has 0 amide bonds. The molecular formula is C7H12AlO4. The molecule has 5 heteroatoms. The van der Waals surface area contributed by atoms with E-state index in [1.807, 2.05) is 0 Å². The Kier molecular flexibility index (Phi) is 12.0. The number of Topliss-reactive ketones (excluding diaryl/α,β-unsaturated/α-hetero) is 1. The fourth-order valence-corrected chi connectivity index (χ4v) is 1.47. The van der Waals surface area contributed by atoms with Gasteiger partial charge in [0, 0.05) is 6.92 Å². The van der Waals surface area contributed by atoms with E-state index in [2.05, 4.69) is 0 Å². The third kappa shape index (κ3) is 22.8. The lowest BCUT2D eigenvalue weighted by atomic mass is 10.5. The van der Waals surface area contributed by atoms with Crippen molar-refractivity contribution in [2.45, 2.75) is 24.4 Å². The summed E-state index contributed by atoms with van der Waals surface area (Å²) in [4.78, 5) is 28.9. The van der Waals surface area contributed by atoms with Crippen LogP contribution >= 0.6 is 0 Å². The van der Waals surface area contributed by atoms with Gasteiger partial charge in [0.25, 0.3) is 21.2 Å². The molecule has 1 radical (unpaired) electrons. The van der Waals surface area contributed by atoms with E-state index in [-0.39, 0.29) is 11.1 Å². The first-order valence-corrected chi connectivity index (χ1v) is 5.54. The molecule has 0 spiro atoms. The summed E-state index contributed by atoms with van der Waals surface area (Å²) < 4.78 is 0. The van der Waals surface area contributed by atoms with Crippen molar-refractivity contribution in [1.29, 1.82) is 0 Å². The number of hydrogen-bond donors (Lipinski definition) is 1. The molecule has 0 aliphatic heterocycles. The van der Waals surface area contributed by atoms with E-state index >= 15 is 0 Å². The van der Waals surface area contributed by atoms with Crippen LogP contribution < -0.4 is 0 Å². The van der Waals surface area contributed by atoms with Crippen LogP contribution in [0.2, 0.25) is 10.6 Å². The molecule has 0 aliphatic carbocycles. The summed E-state index contributed by atoms with van der Waals surface area (Å²) in [5.74, 6) is -0.661. The van der Waals surface area contributed by atoms with Crippen molar-refractivity contribution in [2.24, 2.45) is 0 Å². The average Bonchev–Trinajstić information content (AvgIpc) is 1.87. The van der Waals surface area contributed by atoms with Gasteiger partial charge >= 0.3 is 0 Å². The van der Waals surface area contributed by atoms with Gasteiger partial charge in [-0.05, 0) is 17.5 Å². The minimum absolute atomic E-state index is 0.114. The van der Waals surface area contributed by atoms with Gasteiger partial charge in [-0.2, -0.15) is 0 Å². The van der Waals surface area contributed by atoms with Gasteiger partial charge in [-0.1, -0.05) is 0 Å². The van der Waals surface area contributed by atoms with Crippen molar-refractivity contribution in [3.05, 3.63) is 0 Å². The zero-order valence-corrected chi connectivity index (χ0v) is 8.71. The molecule has 12 heavy (non-hydrogen) atoms. The first-order chi connectivity index (χ1) is 5.54. The van der Waals surface area contributed by atoms with Crippen molar-refractivity contribution in [2.75, 3.05) is 0 Å². The average molecular weight is 187 g/mol. The molecule has 0 saturated heterocycles. The van der Waals surface area contributed by atoms with E-state index in [4.69, 9.17) is 9.90 Å². The minimum atomic E-state index is -0.775. The van der Waals surface area contributed by atoms with Gasteiger partial charge in [-0.15, -0.1) is 0 Å². The summed E-state index contributed by atoms with van der Waals surface area (Å²) in [7, 11) is 0. The molecule has 0 aromatic carbocycles. The molecule has 0 rings (SSSR count). The number of carbonyl (C=O) groups is 2. The highest BCUT2D eigenvalue weighted by molar-refractivity contribution is 6.45. The third-order valence-corrected chi connectivity index (χ3v) is 2.76. The van der Waals surface area contributed by atoms with Crippen molar-refractivity contribution in [3.8, 4) is 0 Å². The largest absolute Gasteiger partial charge is 0.482 e. The van der Waals surface area contributed by atoms with Crippen LogP contribution in [0.15, 0.2) is 0 Å². The third-order valence-electron chi connectivity index (χ3n) is 0.919. The van der Waals surface area contributed by atoms with Crippen LogP contribution in [-0.2, 0) is 14.4 Å². The monoisotopic (exact) mass is 187 g/mol. The maximum absolute atomic E-state index is 10.3. The standard InChI is InChI=1S/C3H5O.C2H3O2.C2H3O.Al.H/c1-3(2)4;1-2(3)4;1-2-3;;/h1H2,2H3;1H2,(H,3,4);1H3;;. The number of carboxylic acids is 1. The summed E-state index contributed by atoms with van der Waals surface area (Å²) in [6, 6.07) is 0. The van der Waals surface area contributed by atoms with Gasteiger partial charge in [-0.3, -0.25) is 9.59 Å². The zero-order valence-electron chi connectivity index (χ0n) is 7.29. The molecule has 0 aliphatic rings. The summed E-state index contributed by atoms with van der Waals surface area (Å²) in [5, 5.41) is 8.91. The molecule has 0 atom stereocenters. The lowest BCUT2D eigenvalue weighted by Crippen LogP contribution is -2.03. The van der Waals surface area contributed by atoms with E-state index in [0.29, 0.717) is 5.28 Å². The molecule has 0 aromatic heterocycles. The maximum atomic E-state index is 10.3. The maximum Gasteiger partial charge on any atom is 0.289 e. The number of ketones is 1. The Hall–Kier alpha value is -0.658. The lowest BCUT2D eigenvalue weighted by Gasteiger charge is -1.86. The molecule has 0 unspecified atom stereocenters. The summed E-state index contributed by atoms with van der Waals surface area (Å²) in [6.45, 7) is 2.81. The first-order valence-electron chi connectivity index (χ1n) is 3.54. The Labute approximate surface area is 77.7 Å². The van der Waals surface area contributed by atoms with E-state index < -0.39 is 21.2 Å². The van der Waals surface area contributed by atoms with Gasteiger partial charge < -0.3 is 9.90 Å². The van der Waals surface area contributed by atoms with Gasteiger partial charge in [-0.25, -0.2) is 0 Å². The van der Waals surface area contributed by atoms with Gasteiger partial charge in [0.05, 0.1) is 0 Å². The number of aliphatic carboxylic acids is 1. The van der Waals surface area contributed by atoms with Crippen LogP contribution in [0, 0.1) is 0 Å². The molecule has 0 heterocycles. The molecule has 0 aromatic rings. The second kappa shape index (κ2) is 10.3. The Balaban J connectivity index is 0. The molecular weight excluding hydrogens is 175 g/mol. The van der Waals surface area contributed by atoms with Crippen molar-refractivity contribution >= 4 is 33.3 Å². The van der Waals surface area contributed by atoms with E-state index in [9.17, 15) is 9.59 Å². The summed E-state index contributed by atoms with van der Waals surface area (Å²) in [6.07, 6.45) is 1.50. The van der Waals surface area contributed by atoms with Gasteiger partial charge in [0.15, 0.2) is 6.29 Å². The molecule has 67 valence electrons. The predicted octanol–water partition coefficient (Wildman–Crippen LogP) is 0.0491. The first kappa shape index (κ1) is 13.9. The van der Waals surface area contributed by atoms with Crippen LogP contribution in [-0.4, -0.2) is 38.4 Å². The van der Waals surface area contributed by atoms with Crippen LogP contribution in [0.5, 0.6) is 0 Å². The van der Waals surface area contributed by atoms with Crippen molar-refractivity contribution in [3.63, 3.8) is 0 Å². The van der Waals surface area contributed by atoms with Crippen molar-refractivity contribution < 1.29 is 19.5 Å². The van der Waals surface area contributed by atoms with Crippen molar-refractivity contribution in [1.82, 2.24) is 0 Å². The fourth-order valence-electron chi connectivity index (χ4n) is 0.489. The number of carboxylic acid groups (broad SMARTS) is 1. The molecule has 1 N–H and O–H groups in total. The SMILES string of the molecule is CC(=O)[CH2][AlH][CH2]C(=O)O.C[C]=O. The second-order valence-electron chi connectivity index (χ2n) is 2.15. The Morgan fingerprint density at radius 2 is 1.83 bits per heavy atom. The normalized spacial score (nSPS) is 7.50. The number of hydrogen-bond acceptors (Lipinski definition) is 3. The molecule has 0 saturated carbocycles. The van der Waals surface area contributed by atoms with Crippen LogP contribution in [0.25, 0.3) is 0 Å². The highest BCUT2D eigenvalue weighted by Crippen LogP contribution is 1.86. The Morgan fingerprint density at radius 3 is 2.08 bits per heavy atom.